The molecule has 0 aliphatic heterocycles. The van der Waals surface area contributed by atoms with Gasteiger partial charge in [-0.2, -0.15) is 0 Å². The quantitative estimate of drug-likeness (QED) is 0.864. The Hall–Kier alpha value is -0.930. The van der Waals surface area contributed by atoms with Gasteiger partial charge >= 0.3 is 0 Å². The lowest BCUT2D eigenvalue weighted by Gasteiger charge is -2.35. The summed E-state index contributed by atoms with van der Waals surface area (Å²) in [4.78, 5) is 0. The first-order valence-electron chi connectivity index (χ1n) is 6.35. The molecular formula is C14H20ClNO2. The molecule has 0 aromatic heterocycles. The van der Waals surface area contributed by atoms with E-state index in [1.54, 1.807) is 6.07 Å². The fourth-order valence-electron chi connectivity index (χ4n) is 2.79. The highest BCUT2D eigenvalue weighted by molar-refractivity contribution is 6.31. The third kappa shape index (κ3) is 2.17. The number of rotatable bonds is 2. The van der Waals surface area contributed by atoms with Crippen LogP contribution < -0.4 is 10.5 Å². The van der Waals surface area contributed by atoms with Gasteiger partial charge in [0.25, 0.3) is 0 Å². The van der Waals surface area contributed by atoms with Crippen molar-refractivity contribution in [2.45, 2.75) is 44.6 Å². The van der Waals surface area contributed by atoms with Crippen LogP contribution in [0.4, 0.5) is 0 Å². The van der Waals surface area contributed by atoms with Crippen molar-refractivity contribution in [3.05, 3.63) is 22.2 Å². The van der Waals surface area contributed by atoms with Crippen LogP contribution in [-0.2, 0) is 5.54 Å². The van der Waals surface area contributed by atoms with Crippen molar-refractivity contribution in [2.75, 3.05) is 7.11 Å². The summed E-state index contributed by atoms with van der Waals surface area (Å²) in [6.45, 7) is 1.83. The van der Waals surface area contributed by atoms with Crippen LogP contribution in [0.3, 0.4) is 0 Å². The first-order chi connectivity index (χ1) is 8.49. The van der Waals surface area contributed by atoms with Crippen LogP contribution in [0.1, 0.15) is 43.2 Å². The summed E-state index contributed by atoms with van der Waals surface area (Å²) in [7, 11) is 1.53. The van der Waals surface area contributed by atoms with Crippen LogP contribution in [0.2, 0.25) is 5.02 Å². The summed E-state index contributed by atoms with van der Waals surface area (Å²) in [6, 6.07) is 1.79. The van der Waals surface area contributed by atoms with Gasteiger partial charge in [0.15, 0.2) is 11.5 Å². The predicted octanol–water partition coefficient (Wildman–Crippen LogP) is 3.48. The zero-order chi connectivity index (χ0) is 13.3. The van der Waals surface area contributed by atoms with E-state index < -0.39 is 5.54 Å². The maximum absolute atomic E-state index is 10.3. The maximum Gasteiger partial charge on any atom is 0.165 e. The second-order valence-electron chi connectivity index (χ2n) is 5.13. The molecule has 1 fully saturated rings. The van der Waals surface area contributed by atoms with Crippen molar-refractivity contribution in [1.82, 2.24) is 0 Å². The third-order valence-electron chi connectivity index (χ3n) is 3.93. The van der Waals surface area contributed by atoms with Gasteiger partial charge in [0, 0.05) is 21.7 Å². The largest absolute Gasteiger partial charge is 0.504 e. The van der Waals surface area contributed by atoms with E-state index in [1.807, 2.05) is 6.92 Å². The molecule has 1 aromatic carbocycles. The minimum atomic E-state index is -0.479. The monoisotopic (exact) mass is 269 g/mol. The summed E-state index contributed by atoms with van der Waals surface area (Å²) >= 11 is 6.20. The number of phenolic OH excluding ortho intramolecular Hbond substituents is 1. The van der Waals surface area contributed by atoms with E-state index >= 15 is 0 Å². The van der Waals surface area contributed by atoms with Gasteiger partial charge in [0.1, 0.15) is 0 Å². The van der Waals surface area contributed by atoms with Crippen molar-refractivity contribution in [2.24, 2.45) is 5.73 Å². The van der Waals surface area contributed by atoms with E-state index in [4.69, 9.17) is 22.1 Å². The van der Waals surface area contributed by atoms with Gasteiger partial charge in [-0.05, 0) is 25.8 Å². The minimum absolute atomic E-state index is 0.142. The molecule has 4 heteroatoms. The summed E-state index contributed by atoms with van der Waals surface area (Å²) in [6.07, 6.45) is 5.14. The molecule has 1 aliphatic rings. The van der Waals surface area contributed by atoms with Crippen LogP contribution >= 0.6 is 11.6 Å². The Bertz CT molecular complexity index is 454. The summed E-state index contributed by atoms with van der Waals surface area (Å²) in [5.74, 6) is 0.580. The number of ether oxygens (including phenoxy) is 1. The van der Waals surface area contributed by atoms with Crippen molar-refractivity contribution in [1.29, 1.82) is 0 Å². The second-order valence-corrected chi connectivity index (χ2v) is 5.54. The van der Waals surface area contributed by atoms with Crippen LogP contribution in [-0.4, -0.2) is 12.2 Å². The fraction of sp³-hybridized carbons (Fsp3) is 0.571. The number of benzene rings is 1. The van der Waals surface area contributed by atoms with Crippen LogP contribution in [0.25, 0.3) is 0 Å². The van der Waals surface area contributed by atoms with Crippen molar-refractivity contribution in [3.63, 3.8) is 0 Å². The van der Waals surface area contributed by atoms with Gasteiger partial charge in [-0.25, -0.2) is 0 Å². The molecule has 1 aliphatic carbocycles. The highest BCUT2D eigenvalue weighted by Crippen LogP contribution is 2.46. The van der Waals surface area contributed by atoms with Gasteiger partial charge in [0.2, 0.25) is 0 Å². The third-order valence-corrected chi connectivity index (χ3v) is 4.32. The standard InChI is InChI=1S/C14H20ClNO2/c1-9-11(15)8-10(12(17)13(9)18-2)14(16)6-4-3-5-7-14/h8,17H,3-7,16H2,1-2H3. The Kier molecular flexibility index (Phi) is 3.74. The summed E-state index contributed by atoms with van der Waals surface area (Å²) in [5, 5.41) is 10.9. The van der Waals surface area contributed by atoms with Gasteiger partial charge in [-0.3, -0.25) is 0 Å². The number of aromatic hydroxyl groups is 1. The average Bonchev–Trinajstić information content (AvgIpc) is 2.35. The molecule has 18 heavy (non-hydrogen) atoms. The highest BCUT2D eigenvalue weighted by Gasteiger charge is 2.34. The Labute approximate surface area is 113 Å². The molecule has 1 saturated carbocycles. The van der Waals surface area contributed by atoms with E-state index in [0.29, 0.717) is 10.8 Å². The number of phenols is 1. The van der Waals surface area contributed by atoms with E-state index in [0.717, 1.165) is 36.8 Å². The zero-order valence-electron chi connectivity index (χ0n) is 10.9. The smallest absolute Gasteiger partial charge is 0.165 e. The first kappa shape index (κ1) is 13.5. The molecule has 0 unspecified atom stereocenters. The Balaban J connectivity index is 2.53. The molecular weight excluding hydrogens is 250 g/mol. The van der Waals surface area contributed by atoms with Crippen molar-refractivity contribution < 1.29 is 9.84 Å². The first-order valence-corrected chi connectivity index (χ1v) is 6.73. The predicted molar refractivity (Wildman–Crippen MR) is 73.4 cm³/mol. The van der Waals surface area contributed by atoms with Gasteiger partial charge < -0.3 is 15.6 Å². The number of nitrogens with two attached hydrogens (primary N) is 1. The summed E-state index contributed by atoms with van der Waals surface area (Å²) in [5.41, 5.74) is 7.44. The van der Waals surface area contributed by atoms with Crippen LogP contribution in [0.15, 0.2) is 6.07 Å². The van der Waals surface area contributed by atoms with Crippen LogP contribution in [0.5, 0.6) is 11.5 Å². The lowest BCUT2D eigenvalue weighted by molar-refractivity contribution is 0.286. The van der Waals surface area contributed by atoms with E-state index in [1.165, 1.54) is 13.5 Å². The second kappa shape index (κ2) is 4.98. The normalized spacial score (nSPS) is 18.7. The molecule has 0 atom stereocenters. The average molecular weight is 270 g/mol. The molecule has 3 N–H and O–H groups in total. The molecule has 0 spiro atoms. The SMILES string of the molecule is COc1c(C)c(Cl)cc(C2(N)CCCCC2)c1O. The molecule has 0 amide bonds. The van der Waals surface area contributed by atoms with Gasteiger partial charge in [-0.15, -0.1) is 0 Å². The van der Waals surface area contributed by atoms with Crippen molar-refractivity contribution >= 4 is 11.6 Å². The van der Waals surface area contributed by atoms with Crippen molar-refractivity contribution in [3.8, 4) is 11.5 Å². The molecule has 0 heterocycles. The van der Waals surface area contributed by atoms with E-state index in [-0.39, 0.29) is 5.75 Å². The summed E-state index contributed by atoms with van der Waals surface area (Å²) < 4.78 is 5.24. The molecule has 3 nitrogen and oxygen atoms in total. The lowest BCUT2D eigenvalue weighted by atomic mass is 9.77. The fourth-order valence-corrected chi connectivity index (χ4v) is 2.99. The molecule has 1 aromatic rings. The number of methoxy groups -OCH3 is 1. The minimum Gasteiger partial charge on any atom is -0.504 e. The molecule has 2 rings (SSSR count). The molecule has 0 saturated heterocycles. The van der Waals surface area contributed by atoms with Gasteiger partial charge in [0.05, 0.1) is 7.11 Å². The molecule has 0 radical (unpaired) electrons. The Morgan fingerprint density at radius 2 is 1.94 bits per heavy atom. The highest BCUT2D eigenvalue weighted by atomic mass is 35.5. The van der Waals surface area contributed by atoms with E-state index in [9.17, 15) is 5.11 Å². The zero-order valence-corrected chi connectivity index (χ0v) is 11.7. The number of halogens is 1. The topological polar surface area (TPSA) is 55.5 Å². The van der Waals surface area contributed by atoms with E-state index in [2.05, 4.69) is 0 Å². The number of hydrogen-bond donors (Lipinski definition) is 2. The molecule has 100 valence electrons. The Morgan fingerprint density at radius 3 is 2.50 bits per heavy atom. The maximum atomic E-state index is 10.3. The number of hydrogen-bond acceptors (Lipinski definition) is 3. The Morgan fingerprint density at radius 1 is 1.33 bits per heavy atom. The van der Waals surface area contributed by atoms with Gasteiger partial charge in [-0.1, -0.05) is 30.9 Å². The van der Waals surface area contributed by atoms with Crippen LogP contribution in [0, 0.1) is 6.92 Å². The lowest BCUT2D eigenvalue weighted by Crippen LogP contribution is -2.38. The molecule has 0 bridgehead atoms.